The molecule has 0 aliphatic carbocycles. The first-order valence-corrected chi connectivity index (χ1v) is 11.2. The predicted octanol–water partition coefficient (Wildman–Crippen LogP) is 2.97. The van der Waals surface area contributed by atoms with Gasteiger partial charge in [0.2, 0.25) is 0 Å². The fourth-order valence-electron chi connectivity index (χ4n) is 3.34. The zero-order valence-electron chi connectivity index (χ0n) is 16.9. The lowest BCUT2D eigenvalue weighted by Crippen LogP contribution is -2.50. The Hall–Kier alpha value is -3.52. The molecule has 0 spiro atoms. The molecular formula is C23H22N2O5S. The lowest BCUT2D eigenvalue weighted by atomic mass is 10.2. The number of carbonyl (C=O) groups is 1. The van der Waals surface area contributed by atoms with Gasteiger partial charge in [0.1, 0.15) is 11.5 Å². The van der Waals surface area contributed by atoms with Gasteiger partial charge < -0.3 is 14.8 Å². The minimum absolute atomic E-state index is 0.105. The van der Waals surface area contributed by atoms with E-state index in [0.29, 0.717) is 23.7 Å². The monoisotopic (exact) mass is 438 g/mol. The first kappa shape index (κ1) is 20.7. The average Bonchev–Trinajstić information content (AvgIpc) is 2.82. The Morgan fingerprint density at radius 2 is 1.71 bits per heavy atom. The maximum Gasteiger partial charge on any atom is 0.264 e. The van der Waals surface area contributed by atoms with Crippen LogP contribution in [0.2, 0.25) is 0 Å². The predicted molar refractivity (Wildman–Crippen MR) is 117 cm³/mol. The van der Waals surface area contributed by atoms with Gasteiger partial charge in [-0.05, 0) is 42.0 Å². The van der Waals surface area contributed by atoms with Crippen LogP contribution in [0.25, 0.3) is 0 Å². The molecule has 1 heterocycles. The van der Waals surface area contributed by atoms with Crippen LogP contribution in [0.3, 0.4) is 0 Å². The number of hydrogen-bond donors (Lipinski definition) is 1. The molecule has 1 aliphatic rings. The van der Waals surface area contributed by atoms with Crippen LogP contribution in [0.1, 0.15) is 5.56 Å². The van der Waals surface area contributed by atoms with E-state index in [1.807, 2.05) is 30.3 Å². The van der Waals surface area contributed by atoms with Crippen molar-refractivity contribution in [2.75, 3.05) is 18.0 Å². The molecule has 1 atom stereocenters. The molecule has 1 aliphatic heterocycles. The van der Waals surface area contributed by atoms with Gasteiger partial charge in [-0.25, -0.2) is 8.42 Å². The number of amides is 1. The Balaban J connectivity index is 1.60. The standard InChI is InChI=1S/C23H22N2O5S/c1-29-18-11-13-19(14-12-18)31(27,28)25-16-22(30-21-10-6-5-9-20(21)25)23(26)24-15-17-7-3-2-4-8-17/h2-14,22H,15-16H2,1H3,(H,24,26). The van der Waals surface area contributed by atoms with Crippen LogP contribution >= 0.6 is 0 Å². The molecule has 0 saturated carbocycles. The molecule has 3 aromatic rings. The SMILES string of the molecule is COc1ccc(S(=O)(=O)N2CC(C(=O)NCc3ccccc3)Oc3ccccc32)cc1. The van der Waals surface area contributed by atoms with Crippen molar-refractivity contribution in [3.63, 3.8) is 0 Å². The molecule has 3 aromatic carbocycles. The molecule has 4 rings (SSSR count). The number of fused-ring (bicyclic) bond motifs is 1. The molecule has 8 heteroatoms. The number of sulfonamides is 1. The number of rotatable bonds is 6. The minimum atomic E-state index is -3.92. The van der Waals surface area contributed by atoms with Gasteiger partial charge in [-0.1, -0.05) is 42.5 Å². The van der Waals surface area contributed by atoms with E-state index in [0.717, 1.165) is 5.56 Å². The maximum atomic E-state index is 13.4. The Morgan fingerprint density at radius 3 is 2.42 bits per heavy atom. The van der Waals surface area contributed by atoms with E-state index in [1.165, 1.54) is 23.5 Å². The van der Waals surface area contributed by atoms with Crippen LogP contribution in [-0.4, -0.2) is 34.1 Å². The topological polar surface area (TPSA) is 84.9 Å². The number of carbonyl (C=O) groups excluding carboxylic acids is 1. The van der Waals surface area contributed by atoms with Crippen LogP contribution < -0.4 is 19.1 Å². The van der Waals surface area contributed by atoms with Gasteiger partial charge in [0.15, 0.2) is 6.10 Å². The Labute approximate surface area is 181 Å². The maximum absolute atomic E-state index is 13.4. The second-order valence-corrected chi connectivity index (χ2v) is 8.85. The molecule has 160 valence electrons. The van der Waals surface area contributed by atoms with Gasteiger partial charge in [0, 0.05) is 6.54 Å². The highest BCUT2D eigenvalue weighted by Gasteiger charge is 2.37. The normalized spacial score (nSPS) is 15.5. The van der Waals surface area contributed by atoms with Crippen LogP contribution in [0.15, 0.2) is 83.8 Å². The summed E-state index contributed by atoms with van der Waals surface area (Å²) in [5, 5.41) is 2.82. The Kier molecular flexibility index (Phi) is 5.81. The average molecular weight is 439 g/mol. The number of ether oxygens (including phenoxy) is 2. The van der Waals surface area contributed by atoms with Crippen LogP contribution in [-0.2, 0) is 21.4 Å². The summed E-state index contributed by atoms with van der Waals surface area (Å²) in [4.78, 5) is 12.9. The van der Waals surface area contributed by atoms with Crippen LogP contribution in [0.4, 0.5) is 5.69 Å². The number of anilines is 1. The third-order valence-electron chi connectivity index (χ3n) is 4.98. The number of nitrogens with zero attached hydrogens (tertiary/aromatic N) is 1. The van der Waals surface area contributed by atoms with Gasteiger partial charge in [-0.2, -0.15) is 0 Å². The molecule has 0 aromatic heterocycles. The number of para-hydroxylation sites is 2. The summed E-state index contributed by atoms with van der Waals surface area (Å²) in [6, 6.07) is 22.4. The summed E-state index contributed by atoms with van der Waals surface area (Å²) in [7, 11) is -2.40. The van der Waals surface area contributed by atoms with Crippen molar-refractivity contribution in [2.45, 2.75) is 17.5 Å². The summed E-state index contributed by atoms with van der Waals surface area (Å²) in [5.41, 5.74) is 1.33. The third-order valence-corrected chi connectivity index (χ3v) is 6.78. The molecule has 1 N–H and O–H groups in total. The highest BCUT2D eigenvalue weighted by Crippen LogP contribution is 2.37. The zero-order chi connectivity index (χ0) is 21.8. The summed E-state index contributed by atoms with van der Waals surface area (Å²) < 4.78 is 39.0. The smallest absolute Gasteiger partial charge is 0.264 e. The van der Waals surface area contributed by atoms with Gasteiger partial charge in [0.05, 0.1) is 24.2 Å². The second kappa shape index (κ2) is 8.69. The molecule has 31 heavy (non-hydrogen) atoms. The molecule has 1 amide bonds. The lowest BCUT2D eigenvalue weighted by molar-refractivity contribution is -0.127. The molecule has 0 bridgehead atoms. The van der Waals surface area contributed by atoms with Gasteiger partial charge in [0.25, 0.3) is 15.9 Å². The van der Waals surface area contributed by atoms with E-state index in [2.05, 4.69) is 5.32 Å². The quantitative estimate of drug-likeness (QED) is 0.640. The van der Waals surface area contributed by atoms with Crippen molar-refractivity contribution in [3.8, 4) is 11.5 Å². The molecule has 0 radical (unpaired) electrons. The highest BCUT2D eigenvalue weighted by molar-refractivity contribution is 7.92. The van der Waals surface area contributed by atoms with Crippen molar-refractivity contribution in [3.05, 3.63) is 84.4 Å². The van der Waals surface area contributed by atoms with Crippen LogP contribution in [0, 0.1) is 0 Å². The first-order chi connectivity index (χ1) is 15.0. The summed E-state index contributed by atoms with van der Waals surface area (Å²) >= 11 is 0. The van der Waals surface area contributed by atoms with Crippen molar-refractivity contribution < 1.29 is 22.7 Å². The van der Waals surface area contributed by atoms with E-state index < -0.39 is 16.1 Å². The molecule has 1 unspecified atom stereocenters. The zero-order valence-corrected chi connectivity index (χ0v) is 17.7. The second-order valence-electron chi connectivity index (χ2n) is 6.99. The first-order valence-electron chi connectivity index (χ1n) is 9.73. The van der Waals surface area contributed by atoms with Crippen LogP contribution in [0.5, 0.6) is 11.5 Å². The molecular weight excluding hydrogens is 416 g/mol. The van der Waals surface area contributed by atoms with Crippen molar-refractivity contribution >= 4 is 21.6 Å². The molecule has 0 saturated heterocycles. The molecule has 0 fully saturated rings. The largest absolute Gasteiger partial charge is 0.497 e. The fraction of sp³-hybridized carbons (Fsp3) is 0.174. The van der Waals surface area contributed by atoms with Gasteiger partial charge >= 0.3 is 0 Å². The lowest BCUT2D eigenvalue weighted by Gasteiger charge is -2.34. The van der Waals surface area contributed by atoms with Gasteiger partial charge in [-0.3, -0.25) is 9.10 Å². The van der Waals surface area contributed by atoms with E-state index >= 15 is 0 Å². The number of nitrogens with one attached hydrogen (secondary N) is 1. The highest BCUT2D eigenvalue weighted by atomic mass is 32.2. The fourth-order valence-corrected chi connectivity index (χ4v) is 4.82. The summed E-state index contributed by atoms with van der Waals surface area (Å²) in [6.07, 6.45) is -0.980. The van der Waals surface area contributed by atoms with Crippen molar-refractivity contribution in [1.29, 1.82) is 0 Å². The van der Waals surface area contributed by atoms with E-state index in [-0.39, 0.29) is 17.3 Å². The Bertz CT molecular complexity index is 1160. The van der Waals surface area contributed by atoms with E-state index in [1.54, 1.807) is 36.4 Å². The number of benzene rings is 3. The number of methoxy groups -OCH3 is 1. The van der Waals surface area contributed by atoms with E-state index in [9.17, 15) is 13.2 Å². The minimum Gasteiger partial charge on any atom is -0.497 e. The van der Waals surface area contributed by atoms with Crippen molar-refractivity contribution in [2.24, 2.45) is 0 Å². The van der Waals surface area contributed by atoms with Crippen molar-refractivity contribution in [1.82, 2.24) is 5.32 Å². The molecule has 7 nitrogen and oxygen atoms in total. The summed E-state index contributed by atoms with van der Waals surface area (Å²) in [5.74, 6) is 0.512. The summed E-state index contributed by atoms with van der Waals surface area (Å²) in [6.45, 7) is 0.193. The Morgan fingerprint density at radius 1 is 1.03 bits per heavy atom. The third kappa shape index (κ3) is 4.34. The van der Waals surface area contributed by atoms with Gasteiger partial charge in [-0.15, -0.1) is 0 Å². The number of hydrogen-bond acceptors (Lipinski definition) is 5. The van der Waals surface area contributed by atoms with E-state index in [4.69, 9.17) is 9.47 Å².